The number of alkyl carbamates (subject to hydrolysis) is 1. The Morgan fingerprint density at radius 1 is 1.38 bits per heavy atom. The number of carbonyl (C=O) groups excluding carboxylic acids is 3. The fraction of sp³-hybridized carbons (Fsp3) is 0.684. The molecule has 0 aromatic carbocycles. The summed E-state index contributed by atoms with van der Waals surface area (Å²) in [5.41, 5.74) is -0.202. The van der Waals surface area contributed by atoms with Crippen LogP contribution in [-0.2, 0) is 19.1 Å². The molecule has 2 aliphatic heterocycles. The quantitative estimate of drug-likeness (QED) is 0.678. The van der Waals surface area contributed by atoms with Crippen LogP contribution in [0.5, 0.6) is 0 Å². The van der Waals surface area contributed by atoms with E-state index in [0.717, 1.165) is 12.8 Å². The predicted octanol–water partition coefficient (Wildman–Crippen LogP) is 1.33. The highest BCUT2D eigenvalue weighted by Crippen LogP contribution is 2.35. The second kappa shape index (κ2) is 7.01. The number of amides is 3. The number of aromatic nitrogens is 2. The summed E-state index contributed by atoms with van der Waals surface area (Å²) in [4.78, 5) is 37.9. The number of aromatic amines is 1. The molecule has 2 saturated heterocycles. The minimum absolute atomic E-state index is 0.0459. The first-order valence-corrected chi connectivity index (χ1v) is 9.87. The van der Waals surface area contributed by atoms with Gasteiger partial charge in [-0.25, -0.2) is 4.79 Å². The van der Waals surface area contributed by atoms with Gasteiger partial charge in [-0.2, -0.15) is 5.10 Å². The summed E-state index contributed by atoms with van der Waals surface area (Å²) in [5.74, 6) is 0.0862. The lowest BCUT2D eigenvalue weighted by Crippen LogP contribution is -2.37. The third-order valence-electron chi connectivity index (χ3n) is 5.93. The SMILES string of the molecule is CN1C[C@@](C)(C(=O)Nc2cc([C@@H]3C[C@H](OC(=O)NC4(C)CC4)CO3)[nH]n2)CC1=O. The van der Waals surface area contributed by atoms with Crippen LogP contribution in [0.1, 0.15) is 51.3 Å². The van der Waals surface area contributed by atoms with Crippen molar-refractivity contribution in [3.05, 3.63) is 11.8 Å². The summed E-state index contributed by atoms with van der Waals surface area (Å²) in [5, 5.41) is 12.6. The average molecular weight is 405 g/mol. The Labute approximate surface area is 168 Å². The van der Waals surface area contributed by atoms with Gasteiger partial charge in [0.2, 0.25) is 11.8 Å². The first-order valence-electron chi connectivity index (χ1n) is 9.87. The van der Waals surface area contributed by atoms with Crippen molar-refractivity contribution in [1.29, 1.82) is 0 Å². The lowest BCUT2D eigenvalue weighted by molar-refractivity contribution is -0.128. The molecule has 3 amide bonds. The Morgan fingerprint density at radius 2 is 2.14 bits per heavy atom. The van der Waals surface area contributed by atoms with E-state index in [1.807, 2.05) is 6.92 Å². The van der Waals surface area contributed by atoms with Gasteiger partial charge >= 0.3 is 6.09 Å². The minimum atomic E-state index is -0.778. The second-order valence-corrected chi connectivity index (χ2v) is 8.92. The zero-order valence-corrected chi connectivity index (χ0v) is 16.9. The standard InChI is InChI=1S/C19H27N5O5/c1-18(8-15(25)24(3)10-18)16(26)20-14-7-12(22-23-14)13-6-11(9-28-13)29-17(27)21-19(2)4-5-19/h7,11,13H,4-6,8-10H2,1-3H3,(H,21,27)(H2,20,22,23,26)/t11-,13-,18-/m0/s1. The molecule has 4 rings (SSSR count). The number of rotatable bonds is 5. The Hall–Kier alpha value is -2.62. The molecule has 1 aromatic heterocycles. The highest BCUT2D eigenvalue weighted by Gasteiger charge is 2.44. The Morgan fingerprint density at radius 3 is 2.79 bits per heavy atom. The van der Waals surface area contributed by atoms with E-state index in [2.05, 4.69) is 20.8 Å². The molecule has 3 fully saturated rings. The van der Waals surface area contributed by atoms with Crippen LogP contribution in [0.4, 0.5) is 10.6 Å². The van der Waals surface area contributed by atoms with Crippen molar-refractivity contribution in [3.8, 4) is 0 Å². The van der Waals surface area contributed by atoms with Crippen LogP contribution in [0.2, 0.25) is 0 Å². The van der Waals surface area contributed by atoms with Gasteiger partial charge in [0.15, 0.2) is 5.82 Å². The van der Waals surface area contributed by atoms with Gasteiger partial charge in [0.05, 0.1) is 17.7 Å². The molecule has 29 heavy (non-hydrogen) atoms. The normalized spacial score (nSPS) is 30.3. The molecule has 1 saturated carbocycles. The van der Waals surface area contributed by atoms with E-state index in [0.29, 0.717) is 31.1 Å². The number of hydrogen-bond acceptors (Lipinski definition) is 6. The van der Waals surface area contributed by atoms with Crippen molar-refractivity contribution in [2.45, 2.75) is 57.3 Å². The summed E-state index contributed by atoms with van der Waals surface area (Å²) in [6, 6.07) is 1.71. The van der Waals surface area contributed by atoms with Crippen LogP contribution in [0, 0.1) is 5.41 Å². The Balaban J connectivity index is 1.29. The average Bonchev–Trinajstić information content (AvgIpc) is 3.02. The number of H-pyrrole nitrogens is 1. The van der Waals surface area contributed by atoms with Crippen molar-refractivity contribution in [3.63, 3.8) is 0 Å². The zero-order valence-electron chi connectivity index (χ0n) is 16.9. The van der Waals surface area contributed by atoms with Crippen LogP contribution in [-0.4, -0.2) is 64.8 Å². The van der Waals surface area contributed by atoms with E-state index in [4.69, 9.17) is 9.47 Å². The summed E-state index contributed by atoms with van der Waals surface area (Å²) >= 11 is 0. The maximum atomic E-state index is 12.6. The maximum Gasteiger partial charge on any atom is 0.407 e. The number of carbonyl (C=O) groups is 3. The third kappa shape index (κ3) is 4.21. The van der Waals surface area contributed by atoms with Gasteiger partial charge in [-0.05, 0) is 26.7 Å². The summed E-state index contributed by atoms with van der Waals surface area (Å²) < 4.78 is 11.2. The maximum absolute atomic E-state index is 12.6. The lowest BCUT2D eigenvalue weighted by atomic mass is 9.88. The number of nitrogens with zero attached hydrogens (tertiary/aromatic N) is 2. The fourth-order valence-electron chi connectivity index (χ4n) is 3.76. The van der Waals surface area contributed by atoms with Gasteiger partial charge in [0.1, 0.15) is 12.2 Å². The predicted molar refractivity (Wildman–Crippen MR) is 102 cm³/mol. The second-order valence-electron chi connectivity index (χ2n) is 8.92. The molecule has 3 heterocycles. The lowest BCUT2D eigenvalue weighted by Gasteiger charge is -2.20. The molecule has 10 nitrogen and oxygen atoms in total. The van der Waals surface area contributed by atoms with E-state index in [9.17, 15) is 14.4 Å². The van der Waals surface area contributed by atoms with E-state index >= 15 is 0 Å². The highest BCUT2D eigenvalue weighted by atomic mass is 16.6. The van der Waals surface area contributed by atoms with Crippen molar-refractivity contribution >= 4 is 23.7 Å². The third-order valence-corrected chi connectivity index (χ3v) is 5.93. The van der Waals surface area contributed by atoms with E-state index in [1.54, 1.807) is 24.9 Å². The Bertz CT molecular complexity index is 835. The van der Waals surface area contributed by atoms with Gasteiger partial charge in [-0.3, -0.25) is 14.7 Å². The zero-order chi connectivity index (χ0) is 20.8. The fourth-order valence-corrected chi connectivity index (χ4v) is 3.76. The summed E-state index contributed by atoms with van der Waals surface area (Å²) in [6.45, 7) is 4.44. The molecule has 3 aliphatic rings. The van der Waals surface area contributed by atoms with Crippen LogP contribution < -0.4 is 10.6 Å². The van der Waals surface area contributed by atoms with Crippen LogP contribution in [0.25, 0.3) is 0 Å². The molecule has 0 bridgehead atoms. The van der Waals surface area contributed by atoms with Crippen molar-refractivity contribution in [2.24, 2.45) is 5.41 Å². The van der Waals surface area contributed by atoms with Crippen molar-refractivity contribution in [2.75, 3.05) is 25.5 Å². The van der Waals surface area contributed by atoms with Gasteiger partial charge in [0.25, 0.3) is 0 Å². The van der Waals surface area contributed by atoms with Gasteiger partial charge in [-0.1, -0.05) is 0 Å². The smallest absolute Gasteiger partial charge is 0.407 e. The molecular formula is C19H27N5O5. The monoisotopic (exact) mass is 405 g/mol. The summed E-state index contributed by atoms with van der Waals surface area (Å²) in [7, 11) is 1.69. The molecule has 1 aromatic rings. The van der Waals surface area contributed by atoms with Gasteiger partial charge in [0, 0.05) is 38.0 Å². The number of ether oxygens (including phenoxy) is 2. The molecule has 3 atom stereocenters. The minimum Gasteiger partial charge on any atom is -0.444 e. The van der Waals surface area contributed by atoms with Crippen molar-refractivity contribution in [1.82, 2.24) is 20.4 Å². The van der Waals surface area contributed by atoms with E-state index < -0.39 is 11.5 Å². The number of nitrogens with one attached hydrogen (secondary N) is 3. The first-order chi connectivity index (χ1) is 13.7. The van der Waals surface area contributed by atoms with E-state index in [1.165, 1.54) is 0 Å². The summed E-state index contributed by atoms with van der Waals surface area (Å²) in [6.07, 6.45) is 1.59. The molecule has 0 spiro atoms. The molecule has 10 heteroatoms. The van der Waals surface area contributed by atoms with Crippen LogP contribution in [0.3, 0.4) is 0 Å². The van der Waals surface area contributed by atoms with E-state index in [-0.39, 0.29) is 36.0 Å². The Kier molecular flexibility index (Phi) is 4.76. The molecule has 158 valence electrons. The largest absolute Gasteiger partial charge is 0.444 e. The van der Waals surface area contributed by atoms with Crippen molar-refractivity contribution < 1.29 is 23.9 Å². The first kappa shape index (κ1) is 19.7. The van der Waals surface area contributed by atoms with Crippen LogP contribution in [0.15, 0.2) is 6.07 Å². The van der Waals surface area contributed by atoms with Gasteiger partial charge < -0.3 is 25.0 Å². The number of likely N-dealkylation sites (tertiary alicyclic amines) is 1. The molecule has 1 aliphatic carbocycles. The van der Waals surface area contributed by atoms with Gasteiger partial charge in [-0.15, -0.1) is 0 Å². The molecule has 0 unspecified atom stereocenters. The molecule has 3 N–H and O–H groups in total. The molecular weight excluding hydrogens is 378 g/mol. The topological polar surface area (TPSA) is 126 Å². The molecule has 0 radical (unpaired) electrons. The number of hydrogen-bond donors (Lipinski definition) is 3. The van der Waals surface area contributed by atoms with Crippen LogP contribution >= 0.6 is 0 Å². The highest BCUT2D eigenvalue weighted by molar-refractivity contribution is 5.99. The number of anilines is 1.